The second kappa shape index (κ2) is 8.25. The van der Waals surface area contributed by atoms with Crippen LogP contribution in [0.5, 0.6) is 0 Å². The number of benzene rings is 2. The second-order valence-electron chi connectivity index (χ2n) is 5.65. The molecule has 0 bridgehead atoms. The van der Waals surface area contributed by atoms with E-state index in [1.807, 2.05) is 31.1 Å². The van der Waals surface area contributed by atoms with Crippen molar-refractivity contribution in [3.63, 3.8) is 0 Å². The summed E-state index contributed by atoms with van der Waals surface area (Å²) in [5.74, 6) is -2.59. The fraction of sp³-hybridized carbons (Fsp3) is 0.222. The summed E-state index contributed by atoms with van der Waals surface area (Å²) in [4.78, 5) is 25.5. The Kier molecular flexibility index (Phi) is 6.08. The first-order valence-corrected chi connectivity index (χ1v) is 7.67. The normalized spacial score (nSPS) is 11.5. The second-order valence-corrected chi connectivity index (χ2v) is 5.65. The van der Waals surface area contributed by atoms with E-state index < -0.39 is 23.7 Å². The first-order chi connectivity index (χ1) is 11.9. The van der Waals surface area contributed by atoms with Gasteiger partial charge in [-0.1, -0.05) is 24.3 Å². The highest BCUT2D eigenvalue weighted by Crippen LogP contribution is 2.17. The van der Waals surface area contributed by atoms with Gasteiger partial charge in [0.05, 0.1) is 11.8 Å². The Morgan fingerprint density at radius 2 is 1.72 bits per heavy atom. The van der Waals surface area contributed by atoms with Gasteiger partial charge < -0.3 is 20.6 Å². The molecule has 0 spiro atoms. The van der Waals surface area contributed by atoms with Crippen LogP contribution in [-0.4, -0.2) is 37.6 Å². The van der Waals surface area contributed by atoms with Crippen molar-refractivity contribution in [1.29, 1.82) is 0 Å². The van der Waals surface area contributed by atoms with Gasteiger partial charge in [0.25, 0.3) is 0 Å². The van der Waals surface area contributed by atoms with Gasteiger partial charge in [-0.05, 0) is 29.8 Å². The molecule has 0 saturated carbocycles. The zero-order chi connectivity index (χ0) is 18.4. The largest absolute Gasteiger partial charge is 0.387 e. The topological polar surface area (TPSA) is 81.7 Å². The summed E-state index contributed by atoms with van der Waals surface area (Å²) >= 11 is 0. The van der Waals surface area contributed by atoms with Gasteiger partial charge in [-0.25, -0.2) is 4.39 Å². The molecule has 0 unspecified atom stereocenters. The summed E-state index contributed by atoms with van der Waals surface area (Å²) in [6.45, 7) is -0.134. The highest BCUT2D eigenvalue weighted by Gasteiger charge is 2.17. The predicted molar refractivity (Wildman–Crippen MR) is 93.8 cm³/mol. The third-order valence-corrected chi connectivity index (χ3v) is 3.58. The van der Waals surface area contributed by atoms with Crippen molar-refractivity contribution in [2.24, 2.45) is 0 Å². The number of amides is 2. The van der Waals surface area contributed by atoms with Gasteiger partial charge in [0.1, 0.15) is 5.82 Å². The molecule has 132 valence electrons. The molecule has 6 nitrogen and oxygen atoms in total. The fourth-order valence-corrected chi connectivity index (χ4v) is 2.12. The van der Waals surface area contributed by atoms with Crippen LogP contribution >= 0.6 is 0 Å². The molecule has 2 aromatic carbocycles. The van der Waals surface area contributed by atoms with Crippen molar-refractivity contribution in [3.05, 3.63) is 59.9 Å². The number of aliphatic hydroxyl groups excluding tert-OH is 1. The minimum Gasteiger partial charge on any atom is -0.387 e. The maximum atomic E-state index is 13.4. The Morgan fingerprint density at radius 1 is 1.08 bits per heavy atom. The molecule has 0 saturated heterocycles. The van der Waals surface area contributed by atoms with Crippen molar-refractivity contribution in [2.75, 3.05) is 30.9 Å². The molecule has 0 aliphatic heterocycles. The number of hydrogen-bond donors (Lipinski definition) is 3. The number of aliphatic hydroxyl groups is 1. The standard InChI is InChI=1S/C18H20FN3O3/c1-22(2)13-9-7-12(8-10-13)16(23)11-20-17(24)18(25)21-15-6-4-3-5-14(15)19/h3-10,16,23H,11H2,1-2H3,(H,20,24)(H,21,25)/t16-/m1/s1. The Hall–Kier alpha value is -2.93. The molecule has 0 heterocycles. The molecule has 2 rings (SSSR count). The van der Waals surface area contributed by atoms with E-state index >= 15 is 0 Å². The number of carbonyl (C=O) groups is 2. The van der Waals surface area contributed by atoms with Crippen LogP contribution in [0.1, 0.15) is 11.7 Å². The average Bonchev–Trinajstić information content (AvgIpc) is 2.61. The van der Waals surface area contributed by atoms with Gasteiger partial charge in [0.15, 0.2) is 0 Å². The van der Waals surface area contributed by atoms with E-state index in [2.05, 4.69) is 10.6 Å². The highest BCUT2D eigenvalue weighted by molar-refractivity contribution is 6.39. The number of halogens is 1. The summed E-state index contributed by atoms with van der Waals surface area (Å²) < 4.78 is 13.4. The number of anilines is 2. The number of nitrogens with zero attached hydrogens (tertiary/aromatic N) is 1. The SMILES string of the molecule is CN(C)c1ccc([C@H](O)CNC(=O)C(=O)Nc2ccccc2F)cc1. The lowest BCUT2D eigenvalue weighted by atomic mass is 10.1. The molecule has 0 radical (unpaired) electrons. The van der Waals surface area contributed by atoms with E-state index in [9.17, 15) is 19.1 Å². The molecule has 2 amide bonds. The van der Waals surface area contributed by atoms with E-state index in [0.717, 1.165) is 5.69 Å². The quantitative estimate of drug-likeness (QED) is 0.720. The molecule has 0 aliphatic carbocycles. The van der Waals surface area contributed by atoms with Crippen LogP contribution < -0.4 is 15.5 Å². The molecule has 0 aliphatic rings. The third kappa shape index (κ3) is 5.02. The van der Waals surface area contributed by atoms with Crippen molar-refractivity contribution >= 4 is 23.2 Å². The number of carbonyl (C=O) groups excluding carboxylic acids is 2. The molecule has 25 heavy (non-hydrogen) atoms. The van der Waals surface area contributed by atoms with Crippen LogP contribution in [-0.2, 0) is 9.59 Å². The van der Waals surface area contributed by atoms with E-state index in [1.165, 1.54) is 24.3 Å². The lowest BCUT2D eigenvalue weighted by Crippen LogP contribution is -2.37. The zero-order valence-electron chi connectivity index (χ0n) is 14.0. The number of hydrogen-bond acceptors (Lipinski definition) is 4. The maximum Gasteiger partial charge on any atom is 0.313 e. The Bertz CT molecular complexity index is 747. The molecule has 0 aromatic heterocycles. The molecule has 0 fully saturated rings. The lowest BCUT2D eigenvalue weighted by molar-refractivity contribution is -0.136. The first kappa shape index (κ1) is 18.4. The summed E-state index contributed by atoms with van der Waals surface area (Å²) in [7, 11) is 3.81. The minimum atomic E-state index is -1.000. The zero-order valence-corrected chi connectivity index (χ0v) is 14.0. The van der Waals surface area contributed by atoms with Gasteiger partial charge in [-0.15, -0.1) is 0 Å². The molecule has 3 N–H and O–H groups in total. The van der Waals surface area contributed by atoms with Crippen molar-refractivity contribution in [1.82, 2.24) is 5.32 Å². The van der Waals surface area contributed by atoms with E-state index in [4.69, 9.17) is 0 Å². The van der Waals surface area contributed by atoms with Crippen molar-refractivity contribution in [2.45, 2.75) is 6.10 Å². The summed E-state index contributed by atoms with van der Waals surface area (Å²) in [6.07, 6.45) is -0.957. The smallest absolute Gasteiger partial charge is 0.313 e. The Morgan fingerprint density at radius 3 is 2.32 bits per heavy atom. The predicted octanol–water partition coefficient (Wildman–Crippen LogP) is 1.68. The summed E-state index contributed by atoms with van der Waals surface area (Å²) in [5.41, 5.74) is 1.51. The van der Waals surface area contributed by atoms with Crippen LogP contribution in [0, 0.1) is 5.82 Å². The molecular formula is C18H20FN3O3. The van der Waals surface area contributed by atoms with Crippen LogP contribution in [0.4, 0.5) is 15.8 Å². The van der Waals surface area contributed by atoms with Crippen LogP contribution in [0.25, 0.3) is 0 Å². The van der Waals surface area contributed by atoms with Gasteiger partial charge >= 0.3 is 11.8 Å². The highest BCUT2D eigenvalue weighted by atomic mass is 19.1. The monoisotopic (exact) mass is 345 g/mol. The van der Waals surface area contributed by atoms with Gasteiger partial charge in [0.2, 0.25) is 0 Å². The Labute approximate surface area is 145 Å². The maximum absolute atomic E-state index is 13.4. The van der Waals surface area contributed by atoms with Gasteiger partial charge in [-0.3, -0.25) is 9.59 Å². The van der Waals surface area contributed by atoms with Crippen LogP contribution in [0.3, 0.4) is 0 Å². The number of para-hydroxylation sites is 1. The lowest BCUT2D eigenvalue weighted by Gasteiger charge is -2.15. The minimum absolute atomic E-state index is 0.0810. The molecular weight excluding hydrogens is 325 g/mol. The van der Waals surface area contributed by atoms with Crippen LogP contribution in [0.2, 0.25) is 0 Å². The molecule has 7 heteroatoms. The van der Waals surface area contributed by atoms with Crippen molar-refractivity contribution < 1.29 is 19.1 Å². The Balaban J connectivity index is 1.88. The van der Waals surface area contributed by atoms with Gasteiger partial charge in [0, 0.05) is 26.3 Å². The van der Waals surface area contributed by atoms with E-state index in [0.29, 0.717) is 5.56 Å². The van der Waals surface area contributed by atoms with Gasteiger partial charge in [-0.2, -0.15) is 0 Å². The summed E-state index contributed by atoms with van der Waals surface area (Å²) in [5, 5.41) is 14.6. The van der Waals surface area contributed by atoms with E-state index in [1.54, 1.807) is 12.1 Å². The number of nitrogens with one attached hydrogen (secondary N) is 2. The number of rotatable bonds is 5. The molecule has 1 atom stereocenters. The molecule has 2 aromatic rings. The average molecular weight is 345 g/mol. The van der Waals surface area contributed by atoms with E-state index in [-0.39, 0.29) is 12.2 Å². The van der Waals surface area contributed by atoms with Crippen LogP contribution in [0.15, 0.2) is 48.5 Å². The third-order valence-electron chi connectivity index (χ3n) is 3.58. The fourth-order valence-electron chi connectivity index (χ4n) is 2.12. The van der Waals surface area contributed by atoms with Crippen molar-refractivity contribution in [3.8, 4) is 0 Å². The summed E-state index contributed by atoms with van der Waals surface area (Å²) in [6, 6.07) is 12.7. The first-order valence-electron chi connectivity index (χ1n) is 7.67.